The van der Waals surface area contributed by atoms with Gasteiger partial charge in [-0.15, -0.1) is 0 Å². The van der Waals surface area contributed by atoms with Gasteiger partial charge in [0.15, 0.2) is 0 Å². The molecule has 2 heteroatoms. The fourth-order valence-corrected chi connectivity index (χ4v) is 10.8. The molecule has 8 atom stereocenters. The SMILES string of the molecule is CC(C)CCC[C@@H](C)[C@H]1CC[C@H]2[C@H]3CC=C4C[C@@H](OC(=O)CCC5CCCCC5)CC[C@]4(C)[C@@H]3CC[C@]12C. The molecule has 0 aliphatic heterocycles. The van der Waals surface area contributed by atoms with E-state index in [1.807, 2.05) is 0 Å². The molecular formula is C36H60O2. The number of allylic oxidation sites excluding steroid dienone is 1. The van der Waals surface area contributed by atoms with Crippen LogP contribution in [0, 0.1) is 52.3 Å². The summed E-state index contributed by atoms with van der Waals surface area (Å²) < 4.78 is 6.11. The Morgan fingerprint density at radius 2 is 1.74 bits per heavy atom. The first-order valence-corrected chi connectivity index (χ1v) is 17.1. The standard InChI is InChI=1S/C36H60O2/c1-25(2)10-9-11-26(3)31-17-18-32-30-16-15-28-24-29(38-34(37)19-14-27-12-7-6-8-13-27)20-22-35(28,4)33(30)21-23-36(31,32)5/h15,25-27,29-33H,6-14,16-24H2,1-5H3/t26-,29+,30-,31-,32+,33-,35+,36-/m1/s1. The molecule has 0 saturated heterocycles. The first-order valence-electron chi connectivity index (χ1n) is 17.1. The van der Waals surface area contributed by atoms with Gasteiger partial charge in [-0.1, -0.05) is 97.6 Å². The summed E-state index contributed by atoms with van der Waals surface area (Å²) in [5.74, 6) is 6.14. The Labute approximate surface area is 235 Å². The minimum Gasteiger partial charge on any atom is -0.462 e. The van der Waals surface area contributed by atoms with Crippen LogP contribution < -0.4 is 0 Å². The Balaban J connectivity index is 1.17. The first-order chi connectivity index (χ1) is 18.2. The van der Waals surface area contributed by atoms with E-state index in [4.69, 9.17) is 4.74 Å². The van der Waals surface area contributed by atoms with Crippen molar-refractivity contribution in [3.63, 3.8) is 0 Å². The summed E-state index contributed by atoms with van der Waals surface area (Å²) in [6, 6.07) is 0. The minimum atomic E-state index is 0.0754. The molecule has 5 aliphatic rings. The van der Waals surface area contributed by atoms with Gasteiger partial charge >= 0.3 is 5.97 Å². The molecule has 0 spiro atoms. The molecule has 0 radical (unpaired) electrons. The molecule has 2 nitrogen and oxygen atoms in total. The number of hydrogen-bond donors (Lipinski definition) is 0. The van der Waals surface area contributed by atoms with Gasteiger partial charge in [-0.25, -0.2) is 0 Å². The highest BCUT2D eigenvalue weighted by atomic mass is 16.5. The van der Waals surface area contributed by atoms with Crippen LogP contribution in [0.15, 0.2) is 11.6 Å². The second kappa shape index (κ2) is 12.0. The number of fused-ring (bicyclic) bond motifs is 5. The molecule has 5 aliphatic carbocycles. The van der Waals surface area contributed by atoms with E-state index < -0.39 is 0 Å². The smallest absolute Gasteiger partial charge is 0.306 e. The van der Waals surface area contributed by atoms with Crippen molar-refractivity contribution in [2.24, 2.45) is 52.3 Å². The lowest BCUT2D eigenvalue weighted by atomic mass is 9.47. The number of rotatable bonds is 9. The van der Waals surface area contributed by atoms with E-state index >= 15 is 0 Å². The Hall–Kier alpha value is -0.790. The molecule has 0 N–H and O–H groups in total. The van der Waals surface area contributed by atoms with Gasteiger partial charge < -0.3 is 4.74 Å². The maximum Gasteiger partial charge on any atom is 0.306 e. The number of ether oxygens (including phenoxy) is 1. The Kier molecular flexibility index (Phi) is 9.06. The third kappa shape index (κ3) is 5.81. The van der Waals surface area contributed by atoms with Gasteiger partial charge in [0, 0.05) is 12.8 Å². The monoisotopic (exact) mass is 524 g/mol. The van der Waals surface area contributed by atoms with Gasteiger partial charge in [-0.05, 0) is 104 Å². The van der Waals surface area contributed by atoms with E-state index in [1.165, 1.54) is 89.9 Å². The molecule has 0 heterocycles. The lowest BCUT2D eigenvalue weighted by Gasteiger charge is -2.58. The van der Waals surface area contributed by atoms with Crippen molar-refractivity contribution >= 4 is 5.97 Å². The van der Waals surface area contributed by atoms with Crippen molar-refractivity contribution in [1.29, 1.82) is 0 Å². The predicted molar refractivity (Wildman–Crippen MR) is 159 cm³/mol. The van der Waals surface area contributed by atoms with Crippen LogP contribution >= 0.6 is 0 Å². The van der Waals surface area contributed by atoms with Crippen molar-refractivity contribution < 1.29 is 9.53 Å². The molecule has 0 aromatic carbocycles. The quantitative estimate of drug-likeness (QED) is 0.221. The Morgan fingerprint density at radius 3 is 2.50 bits per heavy atom. The highest BCUT2D eigenvalue weighted by Gasteiger charge is 2.59. The van der Waals surface area contributed by atoms with E-state index in [0.717, 1.165) is 60.7 Å². The van der Waals surface area contributed by atoms with Gasteiger partial charge in [0.2, 0.25) is 0 Å². The van der Waals surface area contributed by atoms with Crippen LogP contribution in [-0.2, 0) is 9.53 Å². The van der Waals surface area contributed by atoms with Crippen LogP contribution in [0.25, 0.3) is 0 Å². The van der Waals surface area contributed by atoms with Crippen LogP contribution in [0.5, 0.6) is 0 Å². The van der Waals surface area contributed by atoms with E-state index in [2.05, 4.69) is 40.7 Å². The number of carbonyl (C=O) groups excluding carboxylic acids is 1. The van der Waals surface area contributed by atoms with E-state index in [-0.39, 0.29) is 12.1 Å². The average molecular weight is 525 g/mol. The van der Waals surface area contributed by atoms with Crippen molar-refractivity contribution in [2.75, 3.05) is 0 Å². The van der Waals surface area contributed by atoms with E-state index in [1.54, 1.807) is 5.57 Å². The van der Waals surface area contributed by atoms with Gasteiger partial charge in [-0.3, -0.25) is 4.79 Å². The maximum absolute atomic E-state index is 12.7. The molecule has 0 aromatic rings. The van der Waals surface area contributed by atoms with Crippen molar-refractivity contribution in [3.05, 3.63) is 11.6 Å². The zero-order chi connectivity index (χ0) is 26.9. The topological polar surface area (TPSA) is 26.3 Å². The Bertz CT molecular complexity index is 836. The average Bonchev–Trinajstić information content (AvgIpc) is 3.25. The predicted octanol–water partition coefficient (Wildman–Crippen LogP) is 10.3. The molecule has 0 bridgehead atoms. The molecule has 4 fully saturated rings. The summed E-state index contributed by atoms with van der Waals surface area (Å²) in [5.41, 5.74) is 2.55. The minimum absolute atomic E-state index is 0.0754. The first kappa shape index (κ1) is 28.7. The van der Waals surface area contributed by atoms with Crippen LogP contribution in [-0.4, -0.2) is 12.1 Å². The molecule has 38 heavy (non-hydrogen) atoms. The summed E-state index contributed by atoms with van der Waals surface area (Å²) in [7, 11) is 0. The van der Waals surface area contributed by atoms with Crippen LogP contribution in [0.4, 0.5) is 0 Å². The summed E-state index contributed by atoms with van der Waals surface area (Å²) in [5, 5.41) is 0. The van der Waals surface area contributed by atoms with E-state index in [9.17, 15) is 4.79 Å². The number of carbonyl (C=O) groups is 1. The summed E-state index contributed by atoms with van der Waals surface area (Å²) >= 11 is 0. The highest BCUT2D eigenvalue weighted by Crippen LogP contribution is 2.67. The van der Waals surface area contributed by atoms with Crippen LogP contribution in [0.2, 0.25) is 0 Å². The van der Waals surface area contributed by atoms with Gasteiger partial charge in [-0.2, -0.15) is 0 Å². The zero-order valence-corrected chi connectivity index (χ0v) is 25.7. The fraction of sp³-hybridized carbons (Fsp3) is 0.917. The molecule has 216 valence electrons. The third-order valence-electron chi connectivity index (χ3n) is 13.0. The summed E-state index contributed by atoms with van der Waals surface area (Å²) in [4.78, 5) is 12.7. The maximum atomic E-state index is 12.7. The normalized spacial score (nSPS) is 40.2. The third-order valence-corrected chi connectivity index (χ3v) is 13.0. The molecule has 5 rings (SSSR count). The molecule has 4 saturated carbocycles. The largest absolute Gasteiger partial charge is 0.462 e. The van der Waals surface area contributed by atoms with Crippen molar-refractivity contribution in [3.8, 4) is 0 Å². The molecular weight excluding hydrogens is 464 g/mol. The van der Waals surface area contributed by atoms with Crippen LogP contribution in [0.1, 0.15) is 150 Å². The number of esters is 1. The summed E-state index contributed by atoms with van der Waals surface area (Å²) in [6.07, 6.45) is 25.8. The fourth-order valence-electron chi connectivity index (χ4n) is 10.8. The lowest BCUT2D eigenvalue weighted by molar-refractivity contribution is -0.152. The highest BCUT2D eigenvalue weighted by molar-refractivity contribution is 5.69. The molecule has 0 unspecified atom stereocenters. The van der Waals surface area contributed by atoms with Gasteiger partial charge in [0.1, 0.15) is 6.10 Å². The van der Waals surface area contributed by atoms with E-state index in [0.29, 0.717) is 17.3 Å². The van der Waals surface area contributed by atoms with Gasteiger partial charge in [0.05, 0.1) is 0 Å². The second-order valence-corrected chi connectivity index (χ2v) is 15.7. The zero-order valence-electron chi connectivity index (χ0n) is 25.7. The van der Waals surface area contributed by atoms with Gasteiger partial charge in [0.25, 0.3) is 0 Å². The van der Waals surface area contributed by atoms with Crippen molar-refractivity contribution in [1.82, 2.24) is 0 Å². The van der Waals surface area contributed by atoms with Crippen molar-refractivity contribution in [2.45, 2.75) is 156 Å². The molecule has 0 aromatic heterocycles. The molecule has 0 amide bonds. The van der Waals surface area contributed by atoms with Crippen LogP contribution in [0.3, 0.4) is 0 Å². The lowest BCUT2D eigenvalue weighted by Crippen LogP contribution is -2.51. The number of hydrogen-bond acceptors (Lipinski definition) is 2. The second-order valence-electron chi connectivity index (χ2n) is 15.7. The summed E-state index contributed by atoms with van der Waals surface area (Å²) in [6.45, 7) is 12.6. The Morgan fingerprint density at radius 1 is 0.947 bits per heavy atom.